The van der Waals surface area contributed by atoms with Gasteiger partial charge in [0, 0.05) is 13.1 Å². The van der Waals surface area contributed by atoms with E-state index >= 15 is 0 Å². The van der Waals surface area contributed by atoms with Gasteiger partial charge in [-0.1, -0.05) is 25.5 Å². The molecule has 0 fully saturated rings. The van der Waals surface area contributed by atoms with E-state index in [1.54, 1.807) is 31.2 Å². The van der Waals surface area contributed by atoms with Crippen molar-refractivity contribution in [2.75, 3.05) is 30.3 Å². The average molecular weight is 508 g/mol. The van der Waals surface area contributed by atoms with Crippen LogP contribution in [0.2, 0.25) is 0 Å². The zero-order valence-electron chi connectivity index (χ0n) is 20.7. The van der Waals surface area contributed by atoms with Crippen molar-refractivity contribution in [2.24, 2.45) is 0 Å². The van der Waals surface area contributed by atoms with Crippen LogP contribution in [0.5, 0.6) is 5.75 Å². The fourth-order valence-electron chi connectivity index (χ4n) is 3.39. The molecule has 0 heterocycles. The summed E-state index contributed by atoms with van der Waals surface area (Å²) in [4.78, 5) is 27.5. The van der Waals surface area contributed by atoms with Crippen LogP contribution in [0, 0.1) is 5.82 Å². The summed E-state index contributed by atoms with van der Waals surface area (Å²) >= 11 is 0. The second-order valence-corrected chi connectivity index (χ2v) is 10.1. The summed E-state index contributed by atoms with van der Waals surface area (Å²) in [7, 11) is -3.82. The third-order valence-electron chi connectivity index (χ3n) is 5.38. The first-order valence-corrected chi connectivity index (χ1v) is 13.4. The van der Waals surface area contributed by atoms with Crippen LogP contribution in [-0.2, 0) is 26.2 Å². The number of amides is 2. The molecule has 0 unspecified atom stereocenters. The summed E-state index contributed by atoms with van der Waals surface area (Å²) < 4.78 is 44.9. The highest BCUT2D eigenvalue weighted by molar-refractivity contribution is 7.92. The molecule has 35 heavy (non-hydrogen) atoms. The van der Waals surface area contributed by atoms with E-state index in [1.807, 2.05) is 13.8 Å². The Hall–Kier alpha value is -3.14. The second-order valence-electron chi connectivity index (χ2n) is 8.17. The number of carbonyl (C=O) groups is 2. The number of hydrogen-bond acceptors (Lipinski definition) is 5. The van der Waals surface area contributed by atoms with E-state index in [0.717, 1.165) is 23.4 Å². The van der Waals surface area contributed by atoms with Crippen LogP contribution in [0.3, 0.4) is 0 Å². The third kappa shape index (κ3) is 8.54. The van der Waals surface area contributed by atoms with Crippen LogP contribution in [0.15, 0.2) is 48.5 Å². The molecule has 0 radical (unpaired) electrons. The predicted octanol–water partition coefficient (Wildman–Crippen LogP) is 3.32. The minimum absolute atomic E-state index is 0.0162. The maximum Gasteiger partial charge on any atom is 0.244 e. The summed E-state index contributed by atoms with van der Waals surface area (Å²) in [6.07, 6.45) is 2.71. The van der Waals surface area contributed by atoms with Gasteiger partial charge in [0.15, 0.2) is 0 Å². The number of benzene rings is 2. The van der Waals surface area contributed by atoms with Crippen molar-refractivity contribution >= 4 is 27.5 Å². The molecule has 0 saturated carbocycles. The van der Waals surface area contributed by atoms with Gasteiger partial charge in [0.05, 0.1) is 18.6 Å². The zero-order chi connectivity index (χ0) is 26.0. The third-order valence-corrected chi connectivity index (χ3v) is 6.52. The summed E-state index contributed by atoms with van der Waals surface area (Å²) in [5, 5.41) is 2.81. The smallest absolute Gasteiger partial charge is 0.244 e. The largest absolute Gasteiger partial charge is 0.494 e. The van der Waals surface area contributed by atoms with Crippen molar-refractivity contribution in [3.63, 3.8) is 0 Å². The van der Waals surface area contributed by atoms with Crippen molar-refractivity contribution in [1.82, 2.24) is 10.2 Å². The Labute approximate surface area is 207 Å². The minimum Gasteiger partial charge on any atom is -0.494 e. The molecule has 2 aromatic rings. The molecule has 2 aromatic carbocycles. The number of nitrogens with one attached hydrogen (secondary N) is 1. The second kappa shape index (κ2) is 13.1. The van der Waals surface area contributed by atoms with Gasteiger partial charge in [-0.2, -0.15) is 0 Å². The Morgan fingerprint density at radius 3 is 2.23 bits per heavy atom. The number of carbonyl (C=O) groups excluding carboxylic acids is 2. The van der Waals surface area contributed by atoms with Crippen LogP contribution in [0.4, 0.5) is 10.1 Å². The molecule has 0 bridgehead atoms. The first-order chi connectivity index (χ1) is 16.6. The fourth-order valence-corrected chi connectivity index (χ4v) is 4.24. The Morgan fingerprint density at radius 1 is 1.06 bits per heavy atom. The maximum atomic E-state index is 13.4. The summed E-state index contributed by atoms with van der Waals surface area (Å²) in [5.41, 5.74) is 0.908. The van der Waals surface area contributed by atoms with Crippen molar-refractivity contribution in [2.45, 2.75) is 46.2 Å². The van der Waals surface area contributed by atoms with Gasteiger partial charge in [0.2, 0.25) is 21.8 Å². The number of ether oxygens (including phenoxy) is 1. The molecule has 0 aliphatic carbocycles. The molecule has 1 N–H and O–H groups in total. The molecule has 0 aromatic heterocycles. The highest BCUT2D eigenvalue weighted by atomic mass is 32.2. The molecule has 192 valence electrons. The van der Waals surface area contributed by atoms with Crippen LogP contribution < -0.4 is 14.4 Å². The molecule has 8 nitrogen and oxygen atoms in total. The molecule has 0 aliphatic rings. The molecule has 0 spiro atoms. The molecule has 2 amide bonds. The number of halogens is 1. The van der Waals surface area contributed by atoms with E-state index < -0.39 is 34.3 Å². The zero-order valence-corrected chi connectivity index (χ0v) is 21.5. The van der Waals surface area contributed by atoms with E-state index in [2.05, 4.69) is 5.32 Å². The summed E-state index contributed by atoms with van der Waals surface area (Å²) in [6.45, 7) is 5.88. The van der Waals surface area contributed by atoms with Crippen molar-refractivity contribution in [3.05, 3.63) is 59.9 Å². The monoisotopic (exact) mass is 507 g/mol. The van der Waals surface area contributed by atoms with Crippen LogP contribution in [0.1, 0.15) is 39.2 Å². The Balaban J connectivity index is 2.32. The van der Waals surface area contributed by atoms with Crippen molar-refractivity contribution < 1.29 is 27.1 Å². The number of hydrogen-bond donors (Lipinski definition) is 1. The van der Waals surface area contributed by atoms with E-state index in [9.17, 15) is 22.4 Å². The Morgan fingerprint density at radius 2 is 1.69 bits per heavy atom. The topological polar surface area (TPSA) is 96.0 Å². The molecule has 2 rings (SSSR count). The summed E-state index contributed by atoms with van der Waals surface area (Å²) in [6, 6.07) is 11.1. The van der Waals surface area contributed by atoms with E-state index in [4.69, 9.17) is 4.74 Å². The predicted molar refractivity (Wildman–Crippen MR) is 134 cm³/mol. The van der Waals surface area contributed by atoms with Crippen molar-refractivity contribution in [1.29, 1.82) is 0 Å². The lowest BCUT2D eigenvalue weighted by molar-refractivity contribution is -0.139. The molecule has 1 atom stereocenters. The number of nitrogens with zero attached hydrogens (tertiary/aromatic N) is 2. The SMILES string of the molecule is CCCCNC(=O)[C@H](C)N(Cc1ccc(F)cc1)C(=O)CN(c1ccc(OCC)cc1)S(C)(=O)=O. The van der Waals surface area contributed by atoms with Crippen molar-refractivity contribution in [3.8, 4) is 5.75 Å². The van der Waals surface area contributed by atoms with E-state index in [-0.39, 0.29) is 12.5 Å². The number of anilines is 1. The highest BCUT2D eigenvalue weighted by Crippen LogP contribution is 2.22. The molecule has 0 aliphatic heterocycles. The lowest BCUT2D eigenvalue weighted by Gasteiger charge is -2.31. The van der Waals surface area contributed by atoms with Gasteiger partial charge in [-0.3, -0.25) is 13.9 Å². The lowest BCUT2D eigenvalue weighted by Crippen LogP contribution is -2.51. The van der Waals surface area contributed by atoms with Gasteiger partial charge in [0.25, 0.3) is 0 Å². The quantitative estimate of drug-likeness (QED) is 0.420. The number of sulfonamides is 1. The molecular formula is C25H34FN3O5S. The van der Waals surface area contributed by atoms with Gasteiger partial charge < -0.3 is 15.0 Å². The van der Waals surface area contributed by atoms with Gasteiger partial charge in [-0.05, 0) is 62.2 Å². The standard InChI is InChI=1S/C25H34FN3O5S/c1-5-7-16-27-25(31)19(3)28(17-20-8-10-21(26)11-9-20)24(30)18-29(35(4,32)33)22-12-14-23(15-13-22)34-6-2/h8-15,19H,5-7,16-18H2,1-4H3,(H,27,31)/t19-/m0/s1. The van der Waals surface area contributed by atoms with Gasteiger partial charge in [-0.15, -0.1) is 0 Å². The lowest BCUT2D eigenvalue weighted by atomic mass is 10.1. The van der Waals surface area contributed by atoms with E-state index in [0.29, 0.717) is 30.2 Å². The highest BCUT2D eigenvalue weighted by Gasteiger charge is 2.30. The normalized spacial score (nSPS) is 12.0. The molecule has 10 heteroatoms. The van der Waals surface area contributed by atoms with Crippen LogP contribution in [0.25, 0.3) is 0 Å². The molecular weight excluding hydrogens is 473 g/mol. The maximum absolute atomic E-state index is 13.4. The fraction of sp³-hybridized carbons (Fsp3) is 0.440. The number of unbranched alkanes of at least 4 members (excludes halogenated alkanes) is 1. The first kappa shape index (κ1) is 28.1. The van der Waals surface area contributed by atoms with E-state index in [1.165, 1.54) is 29.2 Å². The van der Waals surface area contributed by atoms with Crippen LogP contribution in [-0.4, -0.2) is 57.1 Å². The average Bonchev–Trinajstić information content (AvgIpc) is 2.82. The first-order valence-electron chi connectivity index (χ1n) is 11.6. The van der Waals surface area contributed by atoms with Gasteiger partial charge in [0.1, 0.15) is 24.2 Å². The summed E-state index contributed by atoms with van der Waals surface area (Å²) in [5.74, 6) is -0.755. The Bertz CT molecular complexity index is 1080. The molecule has 0 saturated heterocycles. The Kier molecular flexibility index (Phi) is 10.5. The number of rotatable bonds is 13. The minimum atomic E-state index is -3.82. The van der Waals surface area contributed by atoms with Gasteiger partial charge >= 0.3 is 0 Å². The van der Waals surface area contributed by atoms with Crippen LogP contribution >= 0.6 is 0 Å². The van der Waals surface area contributed by atoms with Gasteiger partial charge in [-0.25, -0.2) is 12.8 Å².